The lowest BCUT2D eigenvalue weighted by Gasteiger charge is -2.29. The van der Waals surface area contributed by atoms with E-state index in [1.54, 1.807) is 0 Å². The second kappa shape index (κ2) is 25.6. The van der Waals surface area contributed by atoms with Gasteiger partial charge in [0.15, 0.2) is 0 Å². The molecule has 4 nitrogen and oxygen atoms in total. The number of benzene rings is 4. The number of ether oxygens (including phenoxy) is 4. The van der Waals surface area contributed by atoms with E-state index in [4.69, 9.17) is 18.9 Å². The van der Waals surface area contributed by atoms with Gasteiger partial charge in [-0.3, -0.25) is 0 Å². The van der Waals surface area contributed by atoms with Crippen molar-refractivity contribution < 1.29 is 18.9 Å². The van der Waals surface area contributed by atoms with Crippen LogP contribution >= 0.6 is 0 Å². The maximum absolute atomic E-state index is 7.24. The molecule has 0 saturated carbocycles. The van der Waals surface area contributed by atoms with Crippen molar-refractivity contribution in [2.75, 3.05) is 26.4 Å². The lowest BCUT2D eigenvalue weighted by molar-refractivity contribution is 0.296. The SMILES string of the molecule is CCCCCCCCOc1c2cc(C(C)(C)C)cc1Cc1cc(C(C)(C)C)cc(c1OCCC)Cc1cc(C(C)(C)C)cc(c1OCCCCCCCC)Cc1cc(C(C)(C)C)cc(c1OCCC)C2. The molecule has 388 valence electrons. The first-order chi connectivity index (χ1) is 33.1. The molecule has 5 rings (SSSR count). The zero-order valence-electron chi connectivity index (χ0n) is 47.8. The van der Waals surface area contributed by atoms with Crippen LogP contribution in [0.4, 0.5) is 0 Å². The smallest absolute Gasteiger partial charge is 0.126 e. The minimum Gasteiger partial charge on any atom is -0.493 e. The highest BCUT2D eigenvalue weighted by atomic mass is 16.5. The molecule has 8 bridgehead atoms. The van der Waals surface area contributed by atoms with Crippen molar-refractivity contribution in [2.45, 2.75) is 248 Å². The fourth-order valence-electron chi connectivity index (χ4n) is 9.88. The number of unbranched alkanes of at least 4 members (excludes halogenated alkanes) is 10. The van der Waals surface area contributed by atoms with Gasteiger partial charge >= 0.3 is 0 Å². The number of hydrogen-bond donors (Lipinski definition) is 0. The Bertz CT molecular complexity index is 2010. The average Bonchev–Trinajstić information content (AvgIpc) is 3.27. The molecular weight excluding hydrogens is 857 g/mol. The molecule has 4 aromatic carbocycles. The Kier molecular flexibility index (Phi) is 20.9. The molecule has 70 heavy (non-hydrogen) atoms. The van der Waals surface area contributed by atoms with Crippen LogP contribution in [0.1, 0.15) is 267 Å². The van der Waals surface area contributed by atoms with Gasteiger partial charge in [0, 0.05) is 25.7 Å². The van der Waals surface area contributed by atoms with Crippen LogP contribution in [-0.2, 0) is 47.3 Å². The molecule has 0 amide bonds. The van der Waals surface area contributed by atoms with E-state index in [2.05, 4.69) is 159 Å². The van der Waals surface area contributed by atoms with E-state index in [1.165, 1.54) is 131 Å². The van der Waals surface area contributed by atoms with Gasteiger partial charge in [0.05, 0.1) is 26.4 Å². The van der Waals surface area contributed by atoms with E-state index < -0.39 is 0 Å². The fourth-order valence-corrected chi connectivity index (χ4v) is 9.88. The van der Waals surface area contributed by atoms with Gasteiger partial charge in [-0.1, -0.05) is 224 Å². The van der Waals surface area contributed by atoms with Gasteiger partial charge in [-0.25, -0.2) is 0 Å². The Morgan fingerprint density at radius 1 is 0.271 bits per heavy atom. The molecule has 0 saturated heterocycles. The maximum atomic E-state index is 7.24. The molecule has 0 N–H and O–H groups in total. The zero-order chi connectivity index (χ0) is 51.3. The van der Waals surface area contributed by atoms with Crippen LogP contribution in [0.2, 0.25) is 0 Å². The van der Waals surface area contributed by atoms with Gasteiger partial charge in [0.2, 0.25) is 0 Å². The third kappa shape index (κ3) is 16.0. The molecule has 0 fully saturated rings. The molecule has 0 radical (unpaired) electrons. The zero-order valence-corrected chi connectivity index (χ0v) is 47.8. The number of fused-ring (bicyclic) bond motifs is 8. The van der Waals surface area contributed by atoms with Crippen LogP contribution < -0.4 is 18.9 Å². The minimum atomic E-state index is -0.0823. The van der Waals surface area contributed by atoms with E-state index in [0.717, 1.165) is 48.7 Å². The summed E-state index contributed by atoms with van der Waals surface area (Å²) in [5, 5.41) is 0. The molecule has 0 unspecified atom stereocenters. The minimum absolute atomic E-state index is 0.0819. The van der Waals surface area contributed by atoms with E-state index in [0.29, 0.717) is 52.1 Å². The molecule has 0 aromatic heterocycles. The second-order valence-electron chi connectivity index (χ2n) is 25.1. The monoisotopic (exact) mass is 957 g/mol. The lowest BCUT2D eigenvalue weighted by atomic mass is 9.79. The summed E-state index contributed by atoms with van der Waals surface area (Å²) in [5.41, 5.74) is 14.9. The van der Waals surface area contributed by atoms with Crippen LogP contribution in [0.5, 0.6) is 23.0 Å². The van der Waals surface area contributed by atoms with Crippen molar-refractivity contribution in [2.24, 2.45) is 0 Å². The standard InChI is InChI=1S/C66H100O4/c1-17-21-23-25-27-29-33-69-61-51-35-47-39-55(63(5,6)7)41-49(59(47)67-31-19-3)37-53-45-58(66(14,15)16)46-54(62(53)70-34-30-28-26-24-22-18-2)38-50-42-56(64(8,9)10)40-48(60(50)68-32-20-4)36-52(61)44-57(43-51)65(11,12)13/h39-46H,17-38H2,1-16H3. The first-order valence-electron chi connectivity index (χ1n) is 28.2. The molecule has 1 aliphatic rings. The van der Waals surface area contributed by atoms with Crippen molar-refractivity contribution in [3.8, 4) is 23.0 Å². The van der Waals surface area contributed by atoms with Crippen LogP contribution in [-0.4, -0.2) is 26.4 Å². The largest absolute Gasteiger partial charge is 0.493 e. The van der Waals surface area contributed by atoms with Crippen molar-refractivity contribution in [3.05, 3.63) is 115 Å². The molecular formula is C66H100O4. The van der Waals surface area contributed by atoms with Crippen molar-refractivity contribution in [1.82, 2.24) is 0 Å². The highest BCUT2D eigenvalue weighted by Crippen LogP contribution is 2.44. The summed E-state index contributed by atoms with van der Waals surface area (Å²) in [5.74, 6) is 4.11. The Morgan fingerprint density at radius 2 is 0.471 bits per heavy atom. The van der Waals surface area contributed by atoms with Crippen LogP contribution in [0.25, 0.3) is 0 Å². The molecule has 4 heteroatoms. The van der Waals surface area contributed by atoms with Gasteiger partial charge in [0.1, 0.15) is 23.0 Å². The van der Waals surface area contributed by atoms with Gasteiger partial charge in [-0.05, 0) is 114 Å². The average molecular weight is 958 g/mol. The second-order valence-corrected chi connectivity index (χ2v) is 25.1. The highest BCUT2D eigenvalue weighted by Gasteiger charge is 2.29. The van der Waals surface area contributed by atoms with E-state index in [9.17, 15) is 0 Å². The molecule has 0 aliphatic heterocycles. The Labute approximate surface area is 429 Å². The fraction of sp³-hybridized carbons (Fsp3) is 0.636. The summed E-state index contributed by atoms with van der Waals surface area (Å²) < 4.78 is 28.6. The van der Waals surface area contributed by atoms with Crippen LogP contribution in [0, 0.1) is 0 Å². The van der Waals surface area contributed by atoms with Gasteiger partial charge in [-0.2, -0.15) is 0 Å². The maximum Gasteiger partial charge on any atom is 0.126 e. The lowest BCUT2D eigenvalue weighted by Crippen LogP contribution is -2.18. The summed E-state index contributed by atoms with van der Waals surface area (Å²) in [6.07, 6.45) is 19.4. The number of hydrogen-bond acceptors (Lipinski definition) is 4. The third-order valence-electron chi connectivity index (χ3n) is 14.3. The molecule has 0 spiro atoms. The van der Waals surface area contributed by atoms with Crippen molar-refractivity contribution >= 4 is 0 Å². The third-order valence-corrected chi connectivity index (χ3v) is 14.3. The van der Waals surface area contributed by atoms with Crippen LogP contribution in [0.15, 0.2) is 48.5 Å². The topological polar surface area (TPSA) is 36.9 Å². The van der Waals surface area contributed by atoms with Crippen molar-refractivity contribution in [1.29, 1.82) is 0 Å². The summed E-state index contributed by atoms with van der Waals surface area (Å²) in [7, 11) is 0. The molecule has 0 atom stereocenters. The Morgan fingerprint density at radius 3 is 0.671 bits per heavy atom. The predicted octanol–water partition coefficient (Wildman–Crippen LogP) is 18.6. The molecule has 1 aliphatic carbocycles. The van der Waals surface area contributed by atoms with Gasteiger partial charge < -0.3 is 18.9 Å². The molecule has 0 heterocycles. The normalized spacial score (nSPS) is 13.4. The predicted molar refractivity (Wildman–Crippen MR) is 301 cm³/mol. The van der Waals surface area contributed by atoms with E-state index in [-0.39, 0.29) is 21.7 Å². The van der Waals surface area contributed by atoms with Crippen molar-refractivity contribution in [3.63, 3.8) is 0 Å². The first-order valence-corrected chi connectivity index (χ1v) is 28.2. The number of rotatable bonds is 22. The quantitative estimate of drug-likeness (QED) is 0.0648. The first kappa shape index (κ1) is 57.0. The summed E-state index contributed by atoms with van der Waals surface area (Å²) in [6.45, 7) is 40.0. The Balaban J connectivity index is 1.91. The summed E-state index contributed by atoms with van der Waals surface area (Å²) >= 11 is 0. The van der Waals surface area contributed by atoms with E-state index >= 15 is 0 Å². The van der Waals surface area contributed by atoms with E-state index in [1.807, 2.05) is 0 Å². The van der Waals surface area contributed by atoms with Gasteiger partial charge in [-0.15, -0.1) is 0 Å². The van der Waals surface area contributed by atoms with Gasteiger partial charge in [0.25, 0.3) is 0 Å². The Hall–Kier alpha value is -3.92. The summed E-state index contributed by atoms with van der Waals surface area (Å²) in [4.78, 5) is 0. The highest BCUT2D eigenvalue weighted by molar-refractivity contribution is 5.60. The van der Waals surface area contributed by atoms with Crippen LogP contribution in [0.3, 0.4) is 0 Å². The molecule has 4 aromatic rings. The summed E-state index contributed by atoms with van der Waals surface area (Å²) in [6, 6.07) is 19.7.